The third-order valence-electron chi connectivity index (χ3n) is 5.02. The number of halogens is 1. The van der Waals surface area contributed by atoms with E-state index in [2.05, 4.69) is 41.2 Å². The Hall–Kier alpha value is -2.21. The lowest BCUT2D eigenvalue weighted by Crippen LogP contribution is -2.24. The van der Waals surface area contributed by atoms with Gasteiger partial charge in [-0.05, 0) is 56.1 Å². The van der Waals surface area contributed by atoms with Crippen molar-refractivity contribution < 1.29 is 5.11 Å². The molecule has 0 saturated carbocycles. The number of benzene rings is 2. The molecule has 154 valence electrons. The van der Waals surface area contributed by atoms with Crippen LogP contribution in [0.2, 0.25) is 5.02 Å². The largest absolute Gasteiger partial charge is 0.385 e. The second-order valence-corrected chi connectivity index (χ2v) is 7.82. The van der Waals surface area contributed by atoms with Crippen LogP contribution in [0.15, 0.2) is 54.6 Å². The van der Waals surface area contributed by atoms with Crippen molar-refractivity contribution >= 4 is 11.6 Å². The summed E-state index contributed by atoms with van der Waals surface area (Å²) in [5, 5.41) is 20.3. The van der Waals surface area contributed by atoms with E-state index in [-0.39, 0.29) is 0 Å². The number of likely N-dealkylation sites (N-methyl/N-ethyl adjacent to an activating group) is 1. The van der Waals surface area contributed by atoms with Gasteiger partial charge in [-0.25, -0.2) is 0 Å². The summed E-state index contributed by atoms with van der Waals surface area (Å²) in [5.74, 6) is 1.51. The Kier molecular flexibility index (Phi) is 7.81. The highest BCUT2D eigenvalue weighted by molar-refractivity contribution is 6.30. The van der Waals surface area contributed by atoms with Crippen LogP contribution in [0.25, 0.3) is 5.69 Å². The first-order valence-electron chi connectivity index (χ1n) is 10.2. The van der Waals surface area contributed by atoms with Gasteiger partial charge in [0.05, 0.1) is 0 Å². The molecule has 1 unspecified atom stereocenters. The van der Waals surface area contributed by atoms with Gasteiger partial charge in [0.25, 0.3) is 0 Å². The van der Waals surface area contributed by atoms with Crippen molar-refractivity contribution in [3.63, 3.8) is 0 Å². The molecule has 0 aliphatic heterocycles. The highest BCUT2D eigenvalue weighted by atomic mass is 35.5. The Morgan fingerprint density at radius 2 is 1.72 bits per heavy atom. The molecule has 1 atom stereocenters. The summed E-state index contributed by atoms with van der Waals surface area (Å²) in [4.78, 5) is 2.23. The summed E-state index contributed by atoms with van der Waals surface area (Å²) in [7, 11) is 2.08. The van der Waals surface area contributed by atoms with Crippen molar-refractivity contribution in [1.29, 1.82) is 0 Å². The normalized spacial score (nSPS) is 12.4. The molecule has 6 heteroatoms. The Balaban J connectivity index is 1.61. The minimum atomic E-state index is -0.661. The molecule has 5 nitrogen and oxygen atoms in total. The van der Waals surface area contributed by atoms with Gasteiger partial charge in [-0.3, -0.25) is 4.57 Å². The number of aryl methyl sites for hydroxylation is 1. The van der Waals surface area contributed by atoms with Gasteiger partial charge < -0.3 is 10.0 Å². The Morgan fingerprint density at radius 1 is 1.00 bits per heavy atom. The minimum Gasteiger partial charge on any atom is -0.385 e. The van der Waals surface area contributed by atoms with E-state index in [4.69, 9.17) is 11.6 Å². The predicted molar refractivity (Wildman–Crippen MR) is 118 cm³/mol. The lowest BCUT2D eigenvalue weighted by Gasteiger charge is -2.19. The Morgan fingerprint density at radius 3 is 2.41 bits per heavy atom. The standard InChI is InChI=1S/C23H29ClN4O/c1-3-7-22-25-26-23(28(22)20-8-5-4-6-9-20)21(29)15-17-27(2)16-14-18-10-12-19(24)13-11-18/h4-6,8-13,21,29H,3,7,14-17H2,1-2H3. The monoisotopic (exact) mass is 412 g/mol. The van der Waals surface area contributed by atoms with Crippen molar-refractivity contribution in [3.8, 4) is 5.69 Å². The first kappa shape index (κ1) is 21.5. The zero-order chi connectivity index (χ0) is 20.6. The van der Waals surface area contributed by atoms with Gasteiger partial charge in [-0.1, -0.05) is 48.9 Å². The summed E-state index contributed by atoms with van der Waals surface area (Å²) in [6, 6.07) is 18.0. The highest BCUT2D eigenvalue weighted by Gasteiger charge is 2.20. The lowest BCUT2D eigenvalue weighted by molar-refractivity contribution is 0.139. The first-order chi connectivity index (χ1) is 14.1. The van der Waals surface area contributed by atoms with E-state index in [1.807, 2.05) is 47.0 Å². The van der Waals surface area contributed by atoms with E-state index < -0.39 is 6.10 Å². The average Bonchev–Trinajstić information content (AvgIpc) is 3.16. The van der Waals surface area contributed by atoms with Gasteiger partial charge in [-0.2, -0.15) is 0 Å². The van der Waals surface area contributed by atoms with E-state index in [0.717, 1.165) is 48.9 Å². The van der Waals surface area contributed by atoms with Crippen LogP contribution in [0.5, 0.6) is 0 Å². The molecule has 0 spiro atoms. The maximum Gasteiger partial charge on any atom is 0.166 e. The highest BCUT2D eigenvalue weighted by Crippen LogP contribution is 2.22. The van der Waals surface area contributed by atoms with Gasteiger partial charge in [0, 0.05) is 30.2 Å². The van der Waals surface area contributed by atoms with Crippen LogP contribution < -0.4 is 0 Å². The summed E-state index contributed by atoms with van der Waals surface area (Å²) in [6.45, 7) is 3.82. The van der Waals surface area contributed by atoms with E-state index in [0.29, 0.717) is 12.2 Å². The molecule has 1 N–H and O–H groups in total. The molecule has 29 heavy (non-hydrogen) atoms. The second-order valence-electron chi connectivity index (χ2n) is 7.38. The number of aromatic nitrogens is 3. The third-order valence-corrected chi connectivity index (χ3v) is 5.27. The number of aliphatic hydroxyl groups excluding tert-OH is 1. The molecule has 3 rings (SSSR count). The molecule has 3 aromatic rings. The van der Waals surface area contributed by atoms with Crippen molar-refractivity contribution in [1.82, 2.24) is 19.7 Å². The molecule has 0 fully saturated rings. The molecule has 0 amide bonds. The van der Waals surface area contributed by atoms with Crippen molar-refractivity contribution in [2.24, 2.45) is 0 Å². The van der Waals surface area contributed by atoms with Gasteiger partial charge in [0.15, 0.2) is 5.82 Å². The molecule has 0 aliphatic rings. The fourth-order valence-electron chi connectivity index (χ4n) is 3.34. The number of nitrogens with zero attached hydrogens (tertiary/aromatic N) is 4. The van der Waals surface area contributed by atoms with Gasteiger partial charge >= 0.3 is 0 Å². The number of aliphatic hydroxyl groups is 1. The van der Waals surface area contributed by atoms with Gasteiger partial charge in [0.2, 0.25) is 0 Å². The summed E-state index contributed by atoms with van der Waals surface area (Å²) >= 11 is 5.94. The third kappa shape index (κ3) is 5.89. The smallest absolute Gasteiger partial charge is 0.166 e. The van der Waals surface area contributed by atoms with Crippen LogP contribution >= 0.6 is 11.6 Å². The quantitative estimate of drug-likeness (QED) is 0.533. The van der Waals surface area contributed by atoms with Gasteiger partial charge in [-0.15, -0.1) is 10.2 Å². The number of rotatable bonds is 10. The van der Waals surface area contributed by atoms with E-state index in [1.165, 1.54) is 5.56 Å². The van der Waals surface area contributed by atoms with Crippen LogP contribution in [0.4, 0.5) is 0 Å². The molecule has 1 heterocycles. The lowest BCUT2D eigenvalue weighted by atomic mass is 10.1. The first-order valence-corrected chi connectivity index (χ1v) is 10.6. The molecule has 0 aliphatic carbocycles. The number of para-hydroxylation sites is 1. The van der Waals surface area contributed by atoms with Crippen LogP contribution in [0.1, 0.15) is 43.1 Å². The summed E-state index contributed by atoms with van der Waals surface area (Å²) < 4.78 is 2.00. The SMILES string of the molecule is CCCc1nnc(C(O)CCN(C)CCc2ccc(Cl)cc2)n1-c1ccccc1. The zero-order valence-electron chi connectivity index (χ0n) is 17.1. The van der Waals surface area contributed by atoms with Crippen molar-refractivity contribution in [2.45, 2.75) is 38.7 Å². The van der Waals surface area contributed by atoms with Gasteiger partial charge in [0.1, 0.15) is 11.9 Å². The van der Waals surface area contributed by atoms with E-state index in [1.54, 1.807) is 0 Å². The molecule has 0 saturated heterocycles. The number of hydrogen-bond acceptors (Lipinski definition) is 4. The maximum absolute atomic E-state index is 10.8. The molecular weight excluding hydrogens is 384 g/mol. The molecule has 0 bridgehead atoms. The topological polar surface area (TPSA) is 54.2 Å². The zero-order valence-corrected chi connectivity index (χ0v) is 17.9. The van der Waals surface area contributed by atoms with Crippen LogP contribution in [0, 0.1) is 0 Å². The maximum atomic E-state index is 10.8. The predicted octanol–water partition coefficient (Wildman–Crippen LogP) is 4.47. The second kappa shape index (κ2) is 10.5. The van der Waals surface area contributed by atoms with E-state index >= 15 is 0 Å². The van der Waals surface area contributed by atoms with Crippen LogP contribution in [0.3, 0.4) is 0 Å². The molecule has 0 radical (unpaired) electrons. The average molecular weight is 413 g/mol. The van der Waals surface area contributed by atoms with Crippen molar-refractivity contribution in [3.05, 3.63) is 76.8 Å². The van der Waals surface area contributed by atoms with Crippen LogP contribution in [-0.4, -0.2) is 44.9 Å². The summed E-state index contributed by atoms with van der Waals surface area (Å²) in [5.41, 5.74) is 2.25. The fraction of sp³-hybridized carbons (Fsp3) is 0.391. The Bertz CT molecular complexity index is 880. The molecular formula is C23H29ClN4O. The minimum absolute atomic E-state index is 0.605. The van der Waals surface area contributed by atoms with Crippen molar-refractivity contribution in [2.75, 3.05) is 20.1 Å². The van der Waals surface area contributed by atoms with E-state index in [9.17, 15) is 5.11 Å². The summed E-state index contributed by atoms with van der Waals surface area (Å²) in [6.07, 6.45) is 2.70. The van der Waals surface area contributed by atoms with Crippen LogP contribution in [-0.2, 0) is 12.8 Å². The molecule has 1 aromatic heterocycles. The Labute approximate surface area is 178 Å². The number of hydrogen-bond donors (Lipinski definition) is 1. The molecule has 2 aromatic carbocycles. The fourth-order valence-corrected chi connectivity index (χ4v) is 3.47.